The van der Waals surface area contributed by atoms with Gasteiger partial charge in [-0.3, -0.25) is 0 Å². The minimum atomic E-state index is 0.722. The molecule has 0 saturated carbocycles. The minimum absolute atomic E-state index is 0.722. The quantitative estimate of drug-likeness (QED) is 0.439. The average molecular weight is 241 g/mol. The van der Waals surface area contributed by atoms with Crippen LogP contribution in [0.15, 0.2) is 48.5 Å². The van der Waals surface area contributed by atoms with Crippen LogP contribution < -0.4 is 0 Å². The fraction of sp³-hybridized carbons (Fsp3) is 0.0556. The Morgan fingerprint density at radius 2 is 1.63 bits per heavy atom. The van der Waals surface area contributed by atoms with E-state index in [0.29, 0.717) is 0 Å². The highest BCUT2D eigenvalue weighted by Crippen LogP contribution is 2.47. The fourth-order valence-corrected chi connectivity index (χ4v) is 3.07. The third-order valence-corrected chi connectivity index (χ3v) is 3.99. The van der Waals surface area contributed by atoms with Crippen LogP contribution in [0.1, 0.15) is 11.1 Å². The van der Waals surface area contributed by atoms with E-state index in [1.807, 2.05) is 12.1 Å². The van der Waals surface area contributed by atoms with Crippen molar-refractivity contribution in [3.8, 4) is 28.3 Å². The highest BCUT2D eigenvalue weighted by atomic mass is 14.3. The number of fused-ring (bicyclic) bond motifs is 3. The van der Waals surface area contributed by atoms with Gasteiger partial charge < -0.3 is 0 Å². The Bertz CT molecular complexity index is 882. The Morgan fingerprint density at radius 1 is 0.842 bits per heavy atom. The lowest BCUT2D eigenvalue weighted by Crippen LogP contribution is -1.80. The van der Waals surface area contributed by atoms with Crippen LogP contribution in [-0.4, -0.2) is 0 Å². The number of nitriles is 1. The van der Waals surface area contributed by atoms with Crippen LogP contribution in [0.4, 0.5) is 0 Å². The van der Waals surface area contributed by atoms with Gasteiger partial charge in [-0.1, -0.05) is 36.4 Å². The van der Waals surface area contributed by atoms with Crippen molar-refractivity contribution in [3.05, 3.63) is 59.7 Å². The van der Waals surface area contributed by atoms with Crippen molar-refractivity contribution in [1.29, 1.82) is 5.26 Å². The van der Waals surface area contributed by atoms with Crippen LogP contribution in [0.2, 0.25) is 0 Å². The maximum Gasteiger partial charge on any atom is 0.0991 e. The molecule has 1 aliphatic rings. The molecule has 3 aromatic carbocycles. The minimum Gasteiger partial charge on any atom is -0.192 e. The lowest BCUT2D eigenvalue weighted by atomic mass is 9.99. The van der Waals surface area contributed by atoms with Crippen molar-refractivity contribution >= 4 is 10.8 Å². The summed E-state index contributed by atoms with van der Waals surface area (Å²) >= 11 is 0. The second-order valence-electron chi connectivity index (χ2n) is 5.03. The van der Waals surface area contributed by atoms with Crippen LogP contribution in [0.3, 0.4) is 0 Å². The molecule has 4 rings (SSSR count). The first-order valence-corrected chi connectivity index (χ1v) is 6.37. The largest absolute Gasteiger partial charge is 0.192 e. The normalized spacial score (nSPS) is 11.4. The summed E-state index contributed by atoms with van der Waals surface area (Å²) in [4.78, 5) is 0. The summed E-state index contributed by atoms with van der Waals surface area (Å²) in [5, 5.41) is 11.7. The van der Waals surface area contributed by atoms with Crippen molar-refractivity contribution in [2.75, 3.05) is 0 Å². The molecule has 1 aliphatic carbocycles. The van der Waals surface area contributed by atoms with Crippen molar-refractivity contribution < 1.29 is 0 Å². The summed E-state index contributed by atoms with van der Waals surface area (Å²) in [5.41, 5.74) is 6.99. The van der Waals surface area contributed by atoms with Gasteiger partial charge in [0.05, 0.1) is 11.6 Å². The zero-order chi connectivity index (χ0) is 13.0. The van der Waals surface area contributed by atoms with Crippen LogP contribution in [0.25, 0.3) is 33.0 Å². The molecule has 0 heterocycles. The van der Waals surface area contributed by atoms with E-state index in [1.165, 1.54) is 38.6 Å². The molecule has 0 aromatic heterocycles. The molecule has 0 bridgehead atoms. The Labute approximate surface area is 111 Å². The molecule has 0 unspecified atom stereocenters. The third-order valence-electron chi connectivity index (χ3n) is 3.99. The smallest absolute Gasteiger partial charge is 0.0991 e. The number of nitrogens with zero attached hydrogens (tertiary/aromatic N) is 1. The summed E-state index contributed by atoms with van der Waals surface area (Å²) in [5.74, 6) is 0. The Hall–Kier alpha value is -2.59. The van der Waals surface area contributed by atoms with E-state index >= 15 is 0 Å². The number of benzene rings is 3. The SMILES string of the molecule is Cc1ccc2c3c(cccc13)-c1ccc(C#N)cc1-2. The predicted octanol–water partition coefficient (Wildman–Crippen LogP) is 4.67. The lowest BCUT2D eigenvalue weighted by molar-refractivity contribution is 1.49. The highest BCUT2D eigenvalue weighted by molar-refractivity contribution is 6.16. The third kappa shape index (κ3) is 1.23. The maximum atomic E-state index is 9.07. The number of aryl methyl sites for hydroxylation is 1. The molecule has 0 saturated heterocycles. The second-order valence-corrected chi connectivity index (χ2v) is 5.03. The molecule has 88 valence electrons. The van der Waals surface area contributed by atoms with Gasteiger partial charge in [0.1, 0.15) is 0 Å². The molecule has 1 heteroatoms. The van der Waals surface area contributed by atoms with Crippen LogP contribution in [-0.2, 0) is 0 Å². The molecule has 0 atom stereocenters. The van der Waals surface area contributed by atoms with E-state index in [4.69, 9.17) is 5.26 Å². The molecule has 0 radical (unpaired) electrons. The molecule has 0 aliphatic heterocycles. The summed E-state index contributed by atoms with van der Waals surface area (Å²) < 4.78 is 0. The van der Waals surface area contributed by atoms with E-state index in [1.54, 1.807) is 0 Å². The predicted molar refractivity (Wildman–Crippen MR) is 77.8 cm³/mol. The van der Waals surface area contributed by atoms with Gasteiger partial charge in [0.25, 0.3) is 0 Å². The van der Waals surface area contributed by atoms with E-state index in [0.717, 1.165) is 5.56 Å². The molecule has 0 fully saturated rings. The molecule has 1 nitrogen and oxygen atoms in total. The summed E-state index contributed by atoms with van der Waals surface area (Å²) in [6, 6.07) is 19.0. The van der Waals surface area contributed by atoms with Crippen molar-refractivity contribution in [2.24, 2.45) is 0 Å². The maximum absolute atomic E-state index is 9.07. The molecular formula is C18H11N. The molecule has 0 N–H and O–H groups in total. The molecule has 0 amide bonds. The monoisotopic (exact) mass is 241 g/mol. The zero-order valence-electron chi connectivity index (χ0n) is 10.6. The van der Waals surface area contributed by atoms with E-state index in [-0.39, 0.29) is 0 Å². The summed E-state index contributed by atoms with van der Waals surface area (Å²) in [6.45, 7) is 2.15. The first kappa shape index (κ1) is 10.3. The zero-order valence-corrected chi connectivity index (χ0v) is 10.6. The Morgan fingerprint density at radius 3 is 2.47 bits per heavy atom. The summed E-state index contributed by atoms with van der Waals surface area (Å²) in [7, 11) is 0. The van der Waals surface area contributed by atoms with Gasteiger partial charge in [0.15, 0.2) is 0 Å². The van der Waals surface area contributed by atoms with E-state index in [9.17, 15) is 0 Å². The number of hydrogen-bond donors (Lipinski definition) is 0. The molecule has 19 heavy (non-hydrogen) atoms. The van der Waals surface area contributed by atoms with Crippen LogP contribution in [0.5, 0.6) is 0 Å². The van der Waals surface area contributed by atoms with Crippen molar-refractivity contribution in [3.63, 3.8) is 0 Å². The number of rotatable bonds is 0. The van der Waals surface area contributed by atoms with E-state index in [2.05, 4.69) is 49.4 Å². The standard InChI is InChI=1S/C18H11N/c1-11-5-7-16-17-9-12(10-19)6-8-14(17)15-4-2-3-13(11)18(15)16/h2-9H,1H3. The summed E-state index contributed by atoms with van der Waals surface area (Å²) in [6.07, 6.45) is 0. The molecular weight excluding hydrogens is 230 g/mol. The first-order chi connectivity index (χ1) is 9.29. The fourth-order valence-electron chi connectivity index (χ4n) is 3.07. The lowest BCUT2D eigenvalue weighted by Gasteiger charge is -2.04. The van der Waals surface area contributed by atoms with Gasteiger partial charge in [-0.15, -0.1) is 0 Å². The van der Waals surface area contributed by atoms with Crippen molar-refractivity contribution in [1.82, 2.24) is 0 Å². The first-order valence-electron chi connectivity index (χ1n) is 6.37. The highest BCUT2D eigenvalue weighted by Gasteiger charge is 2.21. The molecule has 0 spiro atoms. The Kier molecular flexibility index (Phi) is 1.88. The van der Waals surface area contributed by atoms with Crippen LogP contribution >= 0.6 is 0 Å². The van der Waals surface area contributed by atoms with Gasteiger partial charge in [-0.25, -0.2) is 0 Å². The Balaban J connectivity index is 2.21. The van der Waals surface area contributed by atoms with Gasteiger partial charge >= 0.3 is 0 Å². The average Bonchev–Trinajstić information content (AvgIpc) is 2.78. The second kappa shape index (κ2) is 3.46. The van der Waals surface area contributed by atoms with E-state index < -0.39 is 0 Å². The van der Waals surface area contributed by atoms with Crippen molar-refractivity contribution in [2.45, 2.75) is 6.92 Å². The van der Waals surface area contributed by atoms with Gasteiger partial charge in [-0.05, 0) is 57.6 Å². The van der Waals surface area contributed by atoms with Gasteiger partial charge in [0.2, 0.25) is 0 Å². The molecule has 3 aromatic rings. The van der Waals surface area contributed by atoms with Gasteiger partial charge in [-0.2, -0.15) is 5.26 Å². The van der Waals surface area contributed by atoms with Crippen LogP contribution in [0, 0.1) is 18.3 Å². The topological polar surface area (TPSA) is 23.8 Å². The van der Waals surface area contributed by atoms with Gasteiger partial charge in [0, 0.05) is 0 Å². The number of hydrogen-bond acceptors (Lipinski definition) is 1.